The normalized spacial score (nSPS) is 18.2. The van der Waals surface area contributed by atoms with Crippen molar-refractivity contribution in [3.63, 3.8) is 0 Å². The van der Waals surface area contributed by atoms with Crippen LogP contribution in [0.5, 0.6) is 0 Å². The maximum atomic E-state index is 13.9. The average molecular weight is 372 g/mol. The molecule has 0 unspecified atom stereocenters. The molecule has 0 atom stereocenters. The van der Waals surface area contributed by atoms with Crippen LogP contribution in [-0.2, 0) is 21.1 Å². The van der Waals surface area contributed by atoms with Crippen LogP contribution in [0.4, 0.5) is 30.7 Å². The molecular formula is C16H15F7O2. The lowest BCUT2D eigenvalue weighted by atomic mass is 9.88. The number of esters is 1. The van der Waals surface area contributed by atoms with Crippen molar-refractivity contribution >= 4 is 5.97 Å². The Bertz CT molecular complexity index is 646. The Labute approximate surface area is 139 Å². The predicted octanol–water partition coefficient (Wildman–Crippen LogP) is 5.31. The van der Waals surface area contributed by atoms with Crippen LogP contribution in [0.1, 0.15) is 43.7 Å². The molecular weight excluding hydrogens is 357 g/mol. The number of benzene rings is 1. The van der Waals surface area contributed by atoms with Gasteiger partial charge in [-0.2, -0.15) is 30.7 Å². The molecule has 25 heavy (non-hydrogen) atoms. The Hall–Kier alpha value is -1.80. The Balaban J connectivity index is 2.49. The highest BCUT2D eigenvalue weighted by molar-refractivity contribution is 5.67. The first-order valence-corrected chi connectivity index (χ1v) is 7.46. The van der Waals surface area contributed by atoms with E-state index < -0.39 is 35.2 Å². The van der Waals surface area contributed by atoms with Gasteiger partial charge in [-0.15, -0.1) is 0 Å². The SMILES string of the molecule is CC(=O)OC1(c2cccc(C(F)(F)C(F)(F)C(F)(F)F)c2)CCCC1. The third kappa shape index (κ3) is 3.32. The molecule has 0 heterocycles. The van der Waals surface area contributed by atoms with Gasteiger partial charge in [-0.3, -0.25) is 4.79 Å². The maximum absolute atomic E-state index is 13.9. The van der Waals surface area contributed by atoms with E-state index in [1.165, 1.54) is 6.07 Å². The van der Waals surface area contributed by atoms with Crippen molar-refractivity contribution in [2.75, 3.05) is 0 Å². The van der Waals surface area contributed by atoms with Crippen LogP contribution in [0, 0.1) is 0 Å². The van der Waals surface area contributed by atoms with E-state index in [0.29, 0.717) is 25.0 Å². The van der Waals surface area contributed by atoms with E-state index in [1.54, 1.807) is 0 Å². The first-order chi connectivity index (χ1) is 11.3. The second-order valence-corrected chi connectivity index (χ2v) is 6.02. The molecule has 1 aliphatic rings. The number of halogens is 7. The van der Waals surface area contributed by atoms with Crippen molar-refractivity contribution in [1.82, 2.24) is 0 Å². The molecule has 0 aromatic heterocycles. The van der Waals surface area contributed by atoms with Crippen LogP contribution < -0.4 is 0 Å². The number of hydrogen-bond acceptors (Lipinski definition) is 2. The minimum atomic E-state index is -6.41. The summed E-state index contributed by atoms with van der Waals surface area (Å²) in [5.74, 6) is -12.4. The summed E-state index contributed by atoms with van der Waals surface area (Å²) in [6.45, 7) is 1.11. The molecule has 0 radical (unpaired) electrons. The van der Waals surface area contributed by atoms with Crippen LogP contribution in [0.3, 0.4) is 0 Å². The van der Waals surface area contributed by atoms with Crippen LogP contribution >= 0.6 is 0 Å². The Morgan fingerprint density at radius 3 is 2.08 bits per heavy atom. The zero-order valence-electron chi connectivity index (χ0n) is 13.1. The van der Waals surface area contributed by atoms with E-state index in [2.05, 4.69) is 0 Å². The van der Waals surface area contributed by atoms with Crippen molar-refractivity contribution in [2.45, 2.75) is 56.2 Å². The van der Waals surface area contributed by atoms with Crippen LogP contribution in [0.15, 0.2) is 24.3 Å². The van der Waals surface area contributed by atoms with Gasteiger partial charge in [0.05, 0.1) is 0 Å². The quantitative estimate of drug-likeness (QED) is 0.529. The van der Waals surface area contributed by atoms with Gasteiger partial charge in [0.1, 0.15) is 5.60 Å². The second-order valence-electron chi connectivity index (χ2n) is 6.02. The van der Waals surface area contributed by atoms with E-state index >= 15 is 0 Å². The summed E-state index contributed by atoms with van der Waals surface area (Å²) in [7, 11) is 0. The molecule has 9 heteroatoms. The zero-order chi connectivity index (χ0) is 19.1. The Morgan fingerprint density at radius 1 is 1.04 bits per heavy atom. The lowest BCUT2D eigenvalue weighted by Crippen LogP contribution is -2.50. The summed E-state index contributed by atoms with van der Waals surface area (Å²) in [6.07, 6.45) is -4.65. The maximum Gasteiger partial charge on any atom is 0.460 e. The lowest BCUT2D eigenvalue weighted by Gasteiger charge is -2.32. The largest absolute Gasteiger partial charge is 0.460 e. The molecule has 0 bridgehead atoms. The third-order valence-electron chi connectivity index (χ3n) is 4.25. The van der Waals surface area contributed by atoms with E-state index in [9.17, 15) is 35.5 Å². The molecule has 0 aliphatic heterocycles. The second kappa shape index (κ2) is 6.17. The van der Waals surface area contributed by atoms with Gasteiger partial charge in [0.25, 0.3) is 0 Å². The smallest absolute Gasteiger partial charge is 0.454 e. The van der Waals surface area contributed by atoms with Crippen LogP contribution in [0.25, 0.3) is 0 Å². The van der Waals surface area contributed by atoms with Gasteiger partial charge in [-0.05, 0) is 37.3 Å². The molecule has 1 aromatic carbocycles. The first kappa shape index (κ1) is 19.5. The number of carbonyl (C=O) groups is 1. The fourth-order valence-electron chi connectivity index (χ4n) is 3.03. The molecule has 0 spiro atoms. The monoisotopic (exact) mass is 372 g/mol. The molecule has 0 N–H and O–H groups in total. The molecule has 0 amide bonds. The van der Waals surface area contributed by atoms with Crippen molar-refractivity contribution in [3.05, 3.63) is 35.4 Å². The molecule has 0 saturated heterocycles. The van der Waals surface area contributed by atoms with Gasteiger partial charge in [0.15, 0.2) is 0 Å². The predicted molar refractivity (Wildman–Crippen MR) is 73.3 cm³/mol. The van der Waals surface area contributed by atoms with E-state index in [0.717, 1.165) is 13.0 Å². The van der Waals surface area contributed by atoms with Gasteiger partial charge < -0.3 is 4.74 Å². The van der Waals surface area contributed by atoms with Gasteiger partial charge in [-0.1, -0.05) is 18.2 Å². The topological polar surface area (TPSA) is 26.3 Å². The molecule has 140 valence electrons. The van der Waals surface area contributed by atoms with Gasteiger partial charge >= 0.3 is 24.0 Å². The molecule has 1 aromatic rings. The molecule has 1 aliphatic carbocycles. The summed E-state index contributed by atoms with van der Waals surface area (Å²) in [5, 5.41) is 0. The molecule has 1 saturated carbocycles. The van der Waals surface area contributed by atoms with Crippen molar-refractivity contribution in [3.8, 4) is 0 Å². The number of rotatable bonds is 4. The molecule has 2 rings (SSSR count). The fourth-order valence-corrected chi connectivity index (χ4v) is 3.03. The Kier molecular flexibility index (Phi) is 4.82. The highest BCUT2D eigenvalue weighted by Gasteiger charge is 2.73. The number of hydrogen-bond donors (Lipinski definition) is 0. The van der Waals surface area contributed by atoms with Crippen LogP contribution in [-0.4, -0.2) is 18.1 Å². The van der Waals surface area contributed by atoms with E-state index in [4.69, 9.17) is 4.74 Å². The molecule has 2 nitrogen and oxygen atoms in total. The van der Waals surface area contributed by atoms with Gasteiger partial charge in [0, 0.05) is 12.5 Å². The summed E-state index contributed by atoms with van der Waals surface area (Å²) in [5.41, 5.74) is -2.79. The zero-order valence-corrected chi connectivity index (χ0v) is 13.1. The van der Waals surface area contributed by atoms with E-state index in [-0.39, 0.29) is 18.4 Å². The summed E-state index contributed by atoms with van der Waals surface area (Å²) >= 11 is 0. The minimum absolute atomic E-state index is 0.0182. The van der Waals surface area contributed by atoms with E-state index in [1.807, 2.05) is 0 Å². The van der Waals surface area contributed by atoms with Crippen LogP contribution in [0.2, 0.25) is 0 Å². The molecule has 1 fully saturated rings. The highest BCUT2D eigenvalue weighted by Crippen LogP contribution is 2.52. The minimum Gasteiger partial charge on any atom is -0.454 e. The number of alkyl halides is 7. The Morgan fingerprint density at radius 2 is 1.60 bits per heavy atom. The standard InChI is InChI=1S/C16H15F7O2/c1-10(24)25-13(7-2-3-8-13)11-5-4-6-12(9-11)14(17,18)15(19,20)16(21,22)23/h4-6,9H,2-3,7-8H2,1H3. The fraction of sp³-hybridized carbons (Fsp3) is 0.562. The summed E-state index contributed by atoms with van der Waals surface area (Å²) in [4.78, 5) is 11.3. The highest BCUT2D eigenvalue weighted by atomic mass is 19.4. The third-order valence-corrected chi connectivity index (χ3v) is 4.25. The lowest BCUT2D eigenvalue weighted by molar-refractivity contribution is -0.359. The number of ether oxygens (including phenoxy) is 1. The van der Waals surface area contributed by atoms with Crippen molar-refractivity contribution in [1.29, 1.82) is 0 Å². The summed E-state index contributed by atoms with van der Waals surface area (Å²) in [6, 6.07) is 3.29. The average Bonchev–Trinajstić information content (AvgIpc) is 2.95. The van der Waals surface area contributed by atoms with Crippen molar-refractivity contribution in [2.24, 2.45) is 0 Å². The summed E-state index contributed by atoms with van der Waals surface area (Å²) < 4.78 is 96.6. The van der Waals surface area contributed by atoms with Gasteiger partial charge in [0.2, 0.25) is 0 Å². The first-order valence-electron chi connectivity index (χ1n) is 7.46. The van der Waals surface area contributed by atoms with Crippen molar-refractivity contribution < 1.29 is 40.3 Å². The van der Waals surface area contributed by atoms with Gasteiger partial charge in [-0.25, -0.2) is 0 Å². The number of carbonyl (C=O) groups excluding carboxylic acids is 1.